The molecule has 1 atom stereocenters. The van der Waals surface area contributed by atoms with Crippen LogP contribution in [0.2, 0.25) is 0 Å². The Morgan fingerprint density at radius 1 is 1.59 bits per heavy atom. The molecule has 17 heavy (non-hydrogen) atoms. The highest BCUT2D eigenvalue weighted by molar-refractivity contribution is 5.94. The Kier molecular flexibility index (Phi) is 4.35. The maximum absolute atomic E-state index is 11.5. The van der Waals surface area contributed by atoms with E-state index in [9.17, 15) is 14.4 Å². The van der Waals surface area contributed by atoms with E-state index in [1.54, 1.807) is 0 Å². The fraction of sp³-hybridized carbons (Fsp3) is 0.333. The smallest absolute Gasteiger partial charge is 0.328 e. The van der Waals surface area contributed by atoms with Gasteiger partial charge in [-0.05, 0) is 6.07 Å². The van der Waals surface area contributed by atoms with Crippen molar-refractivity contribution in [2.24, 2.45) is 0 Å². The first-order valence-corrected chi connectivity index (χ1v) is 4.63. The molecule has 8 nitrogen and oxygen atoms in total. The molecule has 1 unspecified atom stereocenters. The Morgan fingerprint density at radius 2 is 2.29 bits per heavy atom. The van der Waals surface area contributed by atoms with Gasteiger partial charge in [-0.15, -0.1) is 0 Å². The summed E-state index contributed by atoms with van der Waals surface area (Å²) in [5.74, 6) is -1.92. The van der Waals surface area contributed by atoms with E-state index in [-0.39, 0.29) is 12.3 Å². The average Bonchev–Trinajstić information content (AvgIpc) is 2.29. The Morgan fingerprint density at radius 3 is 2.76 bits per heavy atom. The van der Waals surface area contributed by atoms with Crippen LogP contribution in [0.4, 0.5) is 0 Å². The van der Waals surface area contributed by atoms with Gasteiger partial charge in [-0.1, -0.05) is 0 Å². The molecule has 1 heterocycles. The zero-order valence-corrected chi connectivity index (χ0v) is 8.97. The number of carbonyl (C=O) groups is 2. The second-order valence-corrected chi connectivity index (χ2v) is 3.13. The monoisotopic (exact) mass is 241 g/mol. The number of carboxylic acids is 1. The highest BCUT2D eigenvalue weighted by Crippen LogP contribution is 1.92. The first-order valence-electron chi connectivity index (χ1n) is 4.63. The zero-order valence-electron chi connectivity index (χ0n) is 8.97. The van der Waals surface area contributed by atoms with Crippen molar-refractivity contribution in [2.75, 3.05) is 13.7 Å². The van der Waals surface area contributed by atoms with Gasteiger partial charge in [0.2, 0.25) is 0 Å². The summed E-state index contributed by atoms with van der Waals surface area (Å²) in [5.41, 5.74) is -0.528. The van der Waals surface area contributed by atoms with Crippen molar-refractivity contribution in [3.8, 4) is 0 Å². The third-order valence-corrected chi connectivity index (χ3v) is 1.85. The van der Waals surface area contributed by atoms with Gasteiger partial charge in [-0.3, -0.25) is 9.59 Å². The maximum Gasteiger partial charge on any atom is 0.328 e. The van der Waals surface area contributed by atoms with Crippen molar-refractivity contribution in [1.82, 2.24) is 15.5 Å². The molecule has 0 radical (unpaired) electrons. The molecular formula is C9H11N3O5. The molecule has 0 spiro atoms. The highest BCUT2D eigenvalue weighted by atomic mass is 16.5. The Bertz CT molecular complexity index is 449. The third kappa shape index (κ3) is 3.68. The first kappa shape index (κ1) is 12.8. The number of H-pyrrole nitrogens is 1. The fourth-order valence-corrected chi connectivity index (χ4v) is 1.04. The van der Waals surface area contributed by atoms with Crippen molar-refractivity contribution in [3.63, 3.8) is 0 Å². The Labute approximate surface area is 95.6 Å². The summed E-state index contributed by atoms with van der Waals surface area (Å²) in [7, 11) is 1.32. The number of hydrogen-bond donors (Lipinski definition) is 3. The molecule has 0 aliphatic heterocycles. The normalized spacial score (nSPS) is 11.8. The molecule has 3 N–H and O–H groups in total. The second-order valence-electron chi connectivity index (χ2n) is 3.13. The van der Waals surface area contributed by atoms with E-state index in [1.807, 2.05) is 0 Å². The number of methoxy groups -OCH3 is 1. The third-order valence-electron chi connectivity index (χ3n) is 1.85. The summed E-state index contributed by atoms with van der Waals surface area (Å²) in [6.07, 6.45) is 0. The van der Waals surface area contributed by atoms with E-state index in [0.29, 0.717) is 0 Å². The van der Waals surface area contributed by atoms with Gasteiger partial charge in [-0.2, -0.15) is 5.10 Å². The summed E-state index contributed by atoms with van der Waals surface area (Å²) < 4.78 is 4.65. The summed E-state index contributed by atoms with van der Waals surface area (Å²) in [6, 6.07) is 1.15. The topological polar surface area (TPSA) is 121 Å². The van der Waals surface area contributed by atoms with Gasteiger partial charge in [0.05, 0.1) is 6.61 Å². The van der Waals surface area contributed by atoms with Crippen molar-refractivity contribution < 1.29 is 19.4 Å². The van der Waals surface area contributed by atoms with Gasteiger partial charge in [0.15, 0.2) is 6.04 Å². The van der Waals surface area contributed by atoms with E-state index in [4.69, 9.17) is 5.11 Å². The Hall–Kier alpha value is -2.22. The van der Waals surface area contributed by atoms with Gasteiger partial charge in [0, 0.05) is 13.2 Å². The summed E-state index contributed by atoms with van der Waals surface area (Å²) in [4.78, 5) is 33.0. The molecule has 0 saturated carbocycles. The minimum atomic E-state index is -1.22. The molecule has 1 amide bonds. The number of nitrogens with one attached hydrogen (secondary N) is 2. The lowest BCUT2D eigenvalue weighted by Gasteiger charge is -2.12. The molecule has 1 rings (SSSR count). The van der Waals surface area contributed by atoms with Gasteiger partial charge in [0.25, 0.3) is 11.5 Å². The van der Waals surface area contributed by atoms with Crippen LogP contribution in [0, 0.1) is 0 Å². The number of aliphatic carboxylic acids is 1. The zero-order chi connectivity index (χ0) is 12.8. The lowest BCUT2D eigenvalue weighted by molar-refractivity contribution is -0.140. The largest absolute Gasteiger partial charge is 0.480 e. The SMILES string of the molecule is COCC(NC(=O)c1ccc(=O)[nH]n1)C(=O)O. The number of aromatic nitrogens is 2. The number of amides is 1. The van der Waals surface area contributed by atoms with E-state index in [0.717, 1.165) is 6.07 Å². The van der Waals surface area contributed by atoms with Crippen LogP contribution in [0.5, 0.6) is 0 Å². The van der Waals surface area contributed by atoms with Crippen LogP contribution < -0.4 is 10.9 Å². The number of carbonyl (C=O) groups excluding carboxylic acids is 1. The predicted molar refractivity (Wildman–Crippen MR) is 55.6 cm³/mol. The van der Waals surface area contributed by atoms with Crippen LogP contribution in [0.25, 0.3) is 0 Å². The molecule has 92 valence electrons. The minimum Gasteiger partial charge on any atom is -0.480 e. The van der Waals surface area contributed by atoms with Crippen molar-refractivity contribution in [2.45, 2.75) is 6.04 Å². The lowest BCUT2D eigenvalue weighted by atomic mass is 10.3. The summed E-state index contributed by atoms with van der Waals surface area (Å²) in [5, 5.41) is 16.5. The molecule has 0 aliphatic carbocycles. The number of carboxylic acid groups (broad SMARTS) is 1. The predicted octanol–water partition coefficient (Wildman–Crippen LogP) is -1.40. The van der Waals surface area contributed by atoms with E-state index in [1.165, 1.54) is 13.2 Å². The van der Waals surface area contributed by atoms with E-state index in [2.05, 4.69) is 20.3 Å². The van der Waals surface area contributed by atoms with Gasteiger partial charge < -0.3 is 15.2 Å². The summed E-state index contributed by atoms with van der Waals surface area (Å²) in [6.45, 7) is -0.162. The van der Waals surface area contributed by atoms with Crippen LogP contribution in [0.15, 0.2) is 16.9 Å². The average molecular weight is 241 g/mol. The first-order chi connectivity index (χ1) is 8.04. The second kappa shape index (κ2) is 5.75. The van der Waals surface area contributed by atoms with Gasteiger partial charge in [-0.25, -0.2) is 9.89 Å². The van der Waals surface area contributed by atoms with Crippen molar-refractivity contribution >= 4 is 11.9 Å². The number of ether oxygens (including phenoxy) is 1. The van der Waals surface area contributed by atoms with Crippen LogP contribution >= 0.6 is 0 Å². The summed E-state index contributed by atoms with van der Waals surface area (Å²) >= 11 is 0. The highest BCUT2D eigenvalue weighted by Gasteiger charge is 2.21. The van der Waals surface area contributed by atoms with E-state index >= 15 is 0 Å². The molecule has 1 aromatic heterocycles. The molecule has 0 aliphatic rings. The number of aromatic amines is 1. The molecule has 8 heteroatoms. The lowest BCUT2D eigenvalue weighted by Crippen LogP contribution is -2.44. The van der Waals surface area contributed by atoms with Crippen LogP contribution in [0.3, 0.4) is 0 Å². The van der Waals surface area contributed by atoms with Gasteiger partial charge >= 0.3 is 5.97 Å². The Balaban J connectivity index is 2.73. The maximum atomic E-state index is 11.5. The van der Waals surface area contributed by atoms with Crippen LogP contribution in [-0.2, 0) is 9.53 Å². The van der Waals surface area contributed by atoms with Gasteiger partial charge in [0.1, 0.15) is 5.69 Å². The molecule has 0 aromatic carbocycles. The molecule has 0 fully saturated rings. The number of rotatable bonds is 5. The standard InChI is InChI=1S/C9H11N3O5/c1-17-4-6(9(15)16)10-8(14)5-2-3-7(13)12-11-5/h2-3,6H,4H2,1H3,(H,10,14)(H,12,13)(H,15,16). The molecular weight excluding hydrogens is 230 g/mol. The van der Waals surface area contributed by atoms with Crippen molar-refractivity contribution in [3.05, 3.63) is 28.2 Å². The molecule has 1 aromatic rings. The van der Waals surface area contributed by atoms with Crippen LogP contribution in [-0.4, -0.2) is 46.9 Å². The molecule has 0 bridgehead atoms. The number of nitrogens with zero attached hydrogens (tertiary/aromatic N) is 1. The van der Waals surface area contributed by atoms with Crippen LogP contribution in [0.1, 0.15) is 10.5 Å². The fourth-order valence-electron chi connectivity index (χ4n) is 1.04. The van der Waals surface area contributed by atoms with E-state index < -0.39 is 23.5 Å². The molecule has 0 saturated heterocycles. The minimum absolute atomic E-state index is 0.0769. The van der Waals surface area contributed by atoms with Crippen molar-refractivity contribution in [1.29, 1.82) is 0 Å². The quantitative estimate of drug-likeness (QED) is 0.582. The number of hydrogen-bond acceptors (Lipinski definition) is 5.